The van der Waals surface area contributed by atoms with E-state index in [4.69, 9.17) is 9.47 Å². The fraction of sp³-hybridized carbons (Fsp3) is 0.519. The van der Waals surface area contributed by atoms with Gasteiger partial charge in [-0.25, -0.2) is 0 Å². The van der Waals surface area contributed by atoms with Gasteiger partial charge in [0.1, 0.15) is 18.2 Å². The topological polar surface area (TPSA) is 84.9 Å². The van der Waals surface area contributed by atoms with E-state index in [1.54, 1.807) is 55.7 Å². The third-order valence-electron chi connectivity index (χ3n) is 5.60. The molecule has 0 bridgehead atoms. The molecule has 3 rings (SSSR count). The summed E-state index contributed by atoms with van der Waals surface area (Å²) in [7, 11) is 0. The van der Waals surface area contributed by atoms with Crippen LogP contribution >= 0.6 is 23.1 Å². The quantitative estimate of drug-likeness (QED) is 0.459. The second kappa shape index (κ2) is 13.3. The second-order valence-corrected chi connectivity index (χ2v) is 11.9. The lowest BCUT2D eigenvalue weighted by atomic mass is 10.0. The van der Waals surface area contributed by atoms with Gasteiger partial charge in [0.05, 0.1) is 17.9 Å². The highest BCUT2D eigenvalue weighted by atomic mass is 32.2. The summed E-state index contributed by atoms with van der Waals surface area (Å²) in [4.78, 5) is 41.8. The van der Waals surface area contributed by atoms with Crippen LogP contribution in [0.3, 0.4) is 0 Å². The van der Waals surface area contributed by atoms with Gasteiger partial charge in [0, 0.05) is 17.2 Å². The minimum Gasteiger partial charge on any atom is -0.465 e. The molecule has 2 heterocycles. The van der Waals surface area contributed by atoms with Crippen LogP contribution in [0.25, 0.3) is 0 Å². The average molecular weight is 533 g/mol. The van der Waals surface area contributed by atoms with Gasteiger partial charge in [0.2, 0.25) is 5.91 Å². The Bertz CT molecular complexity index is 991. The molecule has 0 radical (unpaired) electrons. The number of rotatable bonds is 10. The van der Waals surface area contributed by atoms with Gasteiger partial charge in [-0.15, -0.1) is 23.1 Å². The zero-order valence-corrected chi connectivity index (χ0v) is 23.0. The first-order valence-electron chi connectivity index (χ1n) is 12.3. The summed E-state index contributed by atoms with van der Waals surface area (Å²) in [6.45, 7) is 7.72. The number of carbonyl (C=O) groups excluding carboxylic acids is 3. The minimum atomic E-state index is -0.641. The highest BCUT2D eigenvalue weighted by Gasteiger charge is 2.36. The molecule has 36 heavy (non-hydrogen) atoms. The predicted octanol–water partition coefficient (Wildman–Crippen LogP) is 4.23. The van der Waals surface area contributed by atoms with Crippen molar-refractivity contribution in [3.8, 4) is 0 Å². The van der Waals surface area contributed by atoms with Crippen LogP contribution in [0.4, 0.5) is 0 Å². The SMILES string of the molecule is CCOC(=O)[C@H](CCc1ccccc1)N[C@H]1CS[C@H](c2cccs2)CN(CC(=O)OC(C)(C)C)C1=O. The Kier molecular flexibility index (Phi) is 10.4. The Hall–Kier alpha value is -2.36. The van der Waals surface area contributed by atoms with Crippen LogP contribution < -0.4 is 5.32 Å². The lowest BCUT2D eigenvalue weighted by Gasteiger charge is -2.28. The van der Waals surface area contributed by atoms with E-state index in [0.29, 0.717) is 25.1 Å². The maximum atomic E-state index is 13.6. The maximum absolute atomic E-state index is 13.6. The Morgan fingerprint density at radius 2 is 1.92 bits per heavy atom. The molecule has 1 aliphatic rings. The van der Waals surface area contributed by atoms with E-state index >= 15 is 0 Å². The number of nitrogens with zero attached hydrogens (tertiary/aromatic N) is 1. The number of hydrogen-bond donors (Lipinski definition) is 1. The summed E-state index contributed by atoms with van der Waals surface area (Å²) in [5, 5.41) is 5.33. The molecule has 1 N–H and O–H groups in total. The molecule has 1 amide bonds. The average Bonchev–Trinajstić information content (AvgIpc) is 3.31. The summed E-state index contributed by atoms with van der Waals surface area (Å²) in [6.07, 6.45) is 1.17. The number of ether oxygens (including phenoxy) is 2. The number of benzene rings is 1. The van der Waals surface area contributed by atoms with Crippen molar-refractivity contribution in [2.24, 2.45) is 0 Å². The predicted molar refractivity (Wildman–Crippen MR) is 144 cm³/mol. The zero-order chi connectivity index (χ0) is 26.1. The Labute approximate surface area is 221 Å². The van der Waals surface area contributed by atoms with Crippen molar-refractivity contribution in [3.63, 3.8) is 0 Å². The van der Waals surface area contributed by atoms with E-state index in [1.807, 2.05) is 47.8 Å². The lowest BCUT2D eigenvalue weighted by Crippen LogP contribution is -2.54. The molecule has 0 unspecified atom stereocenters. The van der Waals surface area contributed by atoms with Crippen LogP contribution in [0, 0.1) is 0 Å². The van der Waals surface area contributed by atoms with Crippen molar-refractivity contribution in [2.75, 3.05) is 25.4 Å². The van der Waals surface area contributed by atoms with Crippen LogP contribution in [0.15, 0.2) is 47.8 Å². The molecule has 9 heteroatoms. The second-order valence-electron chi connectivity index (χ2n) is 9.69. The van der Waals surface area contributed by atoms with Crippen molar-refractivity contribution in [2.45, 2.75) is 63.5 Å². The van der Waals surface area contributed by atoms with Crippen LogP contribution in [0.1, 0.15) is 49.8 Å². The van der Waals surface area contributed by atoms with Crippen LogP contribution in [0.5, 0.6) is 0 Å². The van der Waals surface area contributed by atoms with Crippen molar-refractivity contribution in [3.05, 3.63) is 58.3 Å². The summed E-state index contributed by atoms with van der Waals surface area (Å²) in [5.74, 6) is -0.546. The van der Waals surface area contributed by atoms with E-state index in [-0.39, 0.29) is 30.3 Å². The molecule has 0 saturated carbocycles. The molecule has 1 saturated heterocycles. The Balaban J connectivity index is 1.78. The molecule has 2 aromatic rings. The van der Waals surface area contributed by atoms with Crippen molar-refractivity contribution in [1.29, 1.82) is 0 Å². The Morgan fingerprint density at radius 1 is 1.17 bits per heavy atom. The fourth-order valence-corrected chi connectivity index (χ4v) is 6.26. The Morgan fingerprint density at radius 3 is 2.56 bits per heavy atom. The van der Waals surface area contributed by atoms with Crippen LogP contribution in [-0.2, 0) is 30.3 Å². The van der Waals surface area contributed by atoms with E-state index in [9.17, 15) is 14.4 Å². The van der Waals surface area contributed by atoms with Gasteiger partial charge in [-0.3, -0.25) is 19.7 Å². The zero-order valence-electron chi connectivity index (χ0n) is 21.4. The summed E-state index contributed by atoms with van der Waals surface area (Å²) >= 11 is 3.29. The number of nitrogens with one attached hydrogen (secondary N) is 1. The van der Waals surface area contributed by atoms with Crippen molar-refractivity contribution < 1.29 is 23.9 Å². The van der Waals surface area contributed by atoms with Gasteiger partial charge >= 0.3 is 11.9 Å². The largest absolute Gasteiger partial charge is 0.465 e. The number of thioether (sulfide) groups is 1. The number of amides is 1. The molecule has 1 aliphatic heterocycles. The molecular weight excluding hydrogens is 496 g/mol. The standard InChI is InChI=1S/C27H36N2O5S2/c1-5-33-26(32)20(14-13-19-10-7-6-8-11-19)28-21-18-36-23(22-12-9-15-35-22)16-29(25(21)31)17-24(30)34-27(2,3)4/h6-12,15,20-21,23,28H,5,13-14,16-18H2,1-4H3/t20-,21-,23-/m0/s1. The van der Waals surface area contributed by atoms with Crippen molar-refractivity contribution in [1.82, 2.24) is 10.2 Å². The van der Waals surface area contributed by atoms with Gasteiger partial charge < -0.3 is 14.4 Å². The smallest absolute Gasteiger partial charge is 0.326 e. The van der Waals surface area contributed by atoms with Gasteiger partial charge in [0.25, 0.3) is 0 Å². The van der Waals surface area contributed by atoms with Crippen LogP contribution in [0.2, 0.25) is 0 Å². The first-order chi connectivity index (χ1) is 17.2. The highest BCUT2D eigenvalue weighted by molar-refractivity contribution is 7.99. The summed E-state index contributed by atoms with van der Waals surface area (Å²) in [6, 6.07) is 12.7. The van der Waals surface area contributed by atoms with Gasteiger partial charge in [-0.05, 0) is 57.5 Å². The molecule has 0 spiro atoms. The fourth-order valence-electron chi connectivity index (χ4n) is 4.00. The van der Waals surface area contributed by atoms with Gasteiger partial charge in [0.15, 0.2) is 0 Å². The van der Waals surface area contributed by atoms with E-state index in [1.165, 1.54) is 0 Å². The minimum absolute atomic E-state index is 0.0357. The third-order valence-corrected chi connectivity index (χ3v) is 8.06. The lowest BCUT2D eigenvalue weighted by molar-refractivity contribution is -0.159. The monoisotopic (exact) mass is 532 g/mol. The van der Waals surface area contributed by atoms with E-state index in [0.717, 1.165) is 10.4 Å². The number of esters is 2. The first kappa shape index (κ1) is 28.2. The number of carbonyl (C=O) groups is 3. The molecule has 1 aromatic carbocycles. The maximum Gasteiger partial charge on any atom is 0.326 e. The normalized spacial score (nSPS) is 19.4. The van der Waals surface area contributed by atoms with E-state index < -0.39 is 23.7 Å². The summed E-state index contributed by atoms with van der Waals surface area (Å²) < 4.78 is 10.8. The number of thiophene rings is 1. The van der Waals surface area contributed by atoms with Crippen LogP contribution in [-0.4, -0.2) is 65.9 Å². The molecule has 3 atom stereocenters. The molecule has 1 aromatic heterocycles. The van der Waals surface area contributed by atoms with E-state index in [2.05, 4.69) is 5.32 Å². The molecular formula is C27H36N2O5S2. The molecule has 7 nitrogen and oxygen atoms in total. The first-order valence-corrected chi connectivity index (χ1v) is 14.2. The van der Waals surface area contributed by atoms with Gasteiger partial charge in [-0.1, -0.05) is 36.4 Å². The molecule has 1 fully saturated rings. The number of aryl methyl sites for hydroxylation is 1. The highest BCUT2D eigenvalue weighted by Crippen LogP contribution is 2.35. The summed E-state index contributed by atoms with van der Waals surface area (Å²) in [5.41, 5.74) is 0.470. The number of hydrogen-bond acceptors (Lipinski definition) is 8. The third kappa shape index (κ3) is 8.64. The van der Waals surface area contributed by atoms with Crippen molar-refractivity contribution >= 4 is 40.9 Å². The molecule has 0 aliphatic carbocycles. The molecule has 196 valence electrons. The van der Waals surface area contributed by atoms with Gasteiger partial charge in [-0.2, -0.15) is 0 Å².